The Labute approximate surface area is 109 Å². The van der Waals surface area contributed by atoms with E-state index in [1.807, 2.05) is 18.7 Å². The van der Waals surface area contributed by atoms with Gasteiger partial charge in [-0.2, -0.15) is 5.10 Å². The second-order valence-corrected chi connectivity index (χ2v) is 4.76. The molecule has 1 heterocycles. The zero-order valence-electron chi connectivity index (χ0n) is 9.76. The summed E-state index contributed by atoms with van der Waals surface area (Å²) in [6.07, 6.45) is 0. The van der Waals surface area contributed by atoms with Crippen LogP contribution in [0.15, 0.2) is 4.47 Å². The SMILES string of the molecule is COCC(CCl)NCc1c(Br)c(C)nn1C. The van der Waals surface area contributed by atoms with E-state index in [1.165, 1.54) is 0 Å². The molecule has 0 amide bonds. The van der Waals surface area contributed by atoms with Crippen molar-refractivity contribution in [3.63, 3.8) is 0 Å². The quantitative estimate of drug-likeness (QED) is 0.815. The number of alkyl halides is 1. The maximum absolute atomic E-state index is 5.82. The van der Waals surface area contributed by atoms with Crippen LogP contribution in [-0.2, 0) is 18.3 Å². The van der Waals surface area contributed by atoms with Crippen LogP contribution in [0.4, 0.5) is 0 Å². The second-order valence-electron chi connectivity index (χ2n) is 3.66. The summed E-state index contributed by atoms with van der Waals surface area (Å²) in [6.45, 7) is 3.30. The minimum atomic E-state index is 0.161. The van der Waals surface area contributed by atoms with Crippen molar-refractivity contribution >= 4 is 27.5 Å². The molecule has 0 fully saturated rings. The molecule has 0 saturated heterocycles. The highest BCUT2D eigenvalue weighted by Gasteiger charge is 2.12. The zero-order chi connectivity index (χ0) is 12.1. The molecule has 0 bridgehead atoms. The van der Waals surface area contributed by atoms with Crippen LogP contribution in [-0.4, -0.2) is 35.4 Å². The van der Waals surface area contributed by atoms with E-state index in [-0.39, 0.29) is 6.04 Å². The first kappa shape index (κ1) is 14.0. The number of aryl methyl sites for hydroxylation is 2. The Morgan fingerprint density at radius 2 is 2.31 bits per heavy atom. The summed E-state index contributed by atoms with van der Waals surface area (Å²) in [5.74, 6) is 0.530. The topological polar surface area (TPSA) is 39.1 Å². The molecule has 0 radical (unpaired) electrons. The first-order chi connectivity index (χ1) is 7.60. The van der Waals surface area contributed by atoms with Gasteiger partial charge in [0.15, 0.2) is 0 Å². The Hall–Kier alpha value is -0.100. The van der Waals surface area contributed by atoms with E-state index >= 15 is 0 Å². The van der Waals surface area contributed by atoms with Gasteiger partial charge in [0.2, 0.25) is 0 Å². The molecule has 4 nitrogen and oxygen atoms in total. The van der Waals surface area contributed by atoms with E-state index < -0.39 is 0 Å². The molecule has 1 rings (SSSR count). The van der Waals surface area contributed by atoms with Crippen LogP contribution < -0.4 is 5.32 Å². The van der Waals surface area contributed by atoms with Crippen molar-refractivity contribution in [2.45, 2.75) is 19.5 Å². The van der Waals surface area contributed by atoms with Gasteiger partial charge in [-0.1, -0.05) is 0 Å². The lowest BCUT2D eigenvalue weighted by atomic mass is 10.3. The molecule has 0 aliphatic carbocycles. The van der Waals surface area contributed by atoms with Crippen LogP contribution >= 0.6 is 27.5 Å². The molecule has 16 heavy (non-hydrogen) atoms. The normalized spacial score (nSPS) is 13.1. The fraction of sp³-hybridized carbons (Fsp3) is 0.700. The average Bonchev–Trinajstić information content (AvgIpc) is 2.49. The fourth-order valence-corrected chi connectivity index (χ4v) is 2.15. The molecule has 6 heteroatoms. The van der Waals surface area contributed by atoms with Crippen LogP contribution in [0.2, 0.25) is 0 Å². The summed E-state index contributed by atoms with van der Waals surface area (Å²) < 4.78 is 7.98. The van der Waals surface area contributed by atoms with Crippen LogP contribution in [0, 0.1) is 6.92 Å². The van der Waals surface area contributed by atoms with Gasteiger partial charge in [-0.3, -0.25) is 4.68 Å². The summed E-state index contributed by atoms with van der Waals surface area (Å²) in [5.41, 5.74) is 2.11. The third kappa shape index (κ3) is 3.45. The van der Waals surface area contributed by atoms with Crippen molar-refractivity contribution in [2.24, 2.45) is 7.05 Å². The number of methoxy groups -OCH3 is 1. The summed E-state index contributed by atoms with van der Waals surface area (Å²) >= 11 is 9.35. The Morgan fingerprint density at radius 1 is 1.62 bits per heavy atom. The number of hydrogen-bond acceptors (Lipinski definition) is 3. The van der Waals surface area contributed by atoms with Gasteiger partial charge >= 0.3 is 0 Å². The average molecular weight is 311 g/mol. The number of nitrogens with zero attached hydrogens (tertiary/aromatic N) is 2. The molecular formula is C10H17BrClN3O. The van der Waals surface area contributed by atoms with E-state index in [2.05, 4.69) is 26.3 Å². The van der Waals surface area contributed by atoms with Crippen molar-refractivity contribution in [3.8, 4) is 0 Å². The van der Waals surface area contributed by atoms with Crippen molar-refractivity contribution < 1.29 is 4.74 Å². The molecule has 0 aliphatic heterocycles. The van der Waals surface area contributed by atoms with Gasteiger partial charge in [0.25, 0.3) is 0 Å². The zero-order valence-corrected chi connectivity index (χ0v) is 12.1. The fourth-order valence-electron chi connectivity index (χ4n) is 1.47. The minimum Gasteiger partial charge on any atom is -0.383 e. The summed E-state index contributed by atoms with van der Waals surface area (Å²) in [4.78, 5) is 0. The van der Waals surface area contributed by atoms with Crippen LogP contribution in [0.25, 0.3) is 0 Å². The van der Waals surface area contributed by atoms with Gasteiger partial charge in [0, 0.05) is 32.6 Å². The molecule has 1 aromatic rings. The van der Waals surface area contributed by atoms with Crippen molar-refractivity contribution in [2.75, 3.05) is 19.6 Å². The largest absolute Gasteiger partial charge is 0.383 e. The molecule has 0 spiro atoms. The Morgan fingerprint density at radius 3 is 2.75 bits per heavy atom. The number of nitrogens with one attached hydrogen (secondary N) is 1. The molecular weight excluding hydrogens is 293 g/mol. The lowest BCUT2D eigenvalue weighted by Crippen LogP contribution is -2.34. The molecule has 1 aromatic heterocycles. The van der Waals surface area contributed by atoms with E-state index in [0.717, 1.165) is 22.4 Å². The number of rotatable bonds is 6. The maximum Gasteiger partial charge on any atom is 0.0739 e. The number of hydrogen-bond donors (Lipinski definition) is 1. The maximum atomic E-state index is 5.82. The molecule has 0 saturated carbocycles. The van der Waals surface area contributed by atoms with E-state index in [4.69, 9.17) is 16.3 Å². The van der Waals surface area contributed by atoms with Crippen molar-refractivity contribution in [1.82, 2.24) is 15.1 Å². The lowest BCUT2D eigenvalue weighted by molar-refractivity contribution is 0.172. The second kappa shape index (κ2) is 6.59. The van der Waals surface area contributed by atoms with Gasteiger partial charge in [0.1, 0.15) is 0 Å². The van der Waals surface area contributed by atoms with Gasteiger partial charge < -0.3 is 10.1 Å². The predicted octanol–water partition coefficient (Wildman–Crippen LogP) is 1.83. The van der Waals surface area contributed by atoms with Gasteiger partial charge in [-0.05, 0) is 22.9 Å². The third-order valence-electron chi connectivity index (χ3n) is 2.37. The predicted molar refractivity (Wildman–Crippen MR) is 68.9 cm³/mol. The first-order valence-electron chi connectivity index (χ1n) is 5.06. The van der Waals surface area contributed by atoms with Gasteiger partial charge in [-0.15, -0.1) is 11.6 Å². The number of aromatic nitrogens is 2. The van der Waals surface area contributed by atoms with Crippen molar-refractivity contribution in [1.29, 1.82) is 0 Å². The number of halogens is 2. The van der Waals surface area contributed by atoms with E-state index in [0.29, 0.717) is 12.5 Å². The van der Waals surface area contributed by atoms with Crippen LogP contribution in [0.1, 0.15) is 11.4 Å². The minimum absolute atomic E-state index is 0.161. The standard InChI is InChI=1S/C10H17BrClN3O/c1-7-10(11)9(15(2)14-7)5-13-8(4-12)6-16-3/h8,13H,4-6H2,1-3H3. The van der Waals surface area contributed by atoms with E-state index in [9.17, 15) is 0 Å². The van der Waals surface area contributed by atoms with Gasteiger partial charge in [-0.25, -0.2) is 0 Å². The van der Waals surface area contributed by atoms with Crippen LogP contribution in [0.5, 0.6) is 0 Å². The molecule has 1 atom stereocenters. The Kier molecular flexibility index (Phi) is 5.75. The van der Waals surface area contributed by atoms with Gasteiger partial charge in [0.05, 0.1) is 22.5 Å². The monoisotopic (exact) mass is 309 g/mol. The molecule has 0 aromatic carbocycles. The summed E-state index contributed by atoms with van der Waals surface area (Å²) in [6, 6.07) is 0.161. The highest BCUT2D eigenvalue weighted by Crippen LogP contribution is 2.19. The Balaban J connectivity index is 2.59. The molecule has 0 aliphatic rings. The summed E-state index contributed by atoms with van der Waals surface area (Å²) in [5, 5.41) is 7.66. The number of ether oxygens (including phenoxy) is 1. The Bertz CT molecular complexity index is 343. The summed E-state index contributed by atoms with van der Waals surface area (Å²) in [7, 11) is 3.60. The highest BCUT2D eigenvalue weighted by atomic mass is 79.9. The molecule has 92 valence electrons. The first-order valence-corrected chi connectivity index (χ1v) is 6.39. The molecule has 1 N–H and O–H groups in total. The van der Waals surface area contributed by atoms with Crippen LogP contribution in [0.3, 0.4) is 0 Å². The third-order valence-corrected chi connectivity index (χ3v) is 3.78. The molecule has 1 unspecified atom stereocenters. The van der Waals surface area contributed by atoms with Crippen molar-refractivity contribution in [3.05, 3.63) is 15.9 Å². The lowest BCUT2D eigenvalue weighted by Gasteiger charge is -2.15. The van der Waals surface area contributed by atoms with E-state index in [1.54, 1.807) is 7.11 Å². The highest BCUT2D eigenvalue weighted by molar-refractivity contribution is 9.10. The smallest absolute Gasteiger partial charge is 0.0739 e.